The summed E-state index contributed by atoms with van der Waals surface area (Å²) < 4.78 is 10.1. The highest BCUT2D eigenvalue weighted by atomic mass is 16.5. The molecule has 0 aromatic heterocycles. The molecule has 1 amide bonds. The van der Waals surface area contributed by atoms with E-state index in [0.29, 0.717) is 23.4 Å². The van der Waals surface area contributed by atoms with E-state index in [4.69, 9.17) is 14.7 Å². The Labute approximate surface area is 167 Å². The van der Waals surface area contributed by atoms with E-state index < -0.39 is 18.5 Å². The number of carbonyl (C=O) groups is 3. The molecule has 0 aliphatic rings. The number of Topliss-reactive ketones (excluding diaryl/α,β-unsaturated/α-hetero) is 1. The number of phenols is 1. The molecule has 0 radical (unpaired) electrons. The van der Waals surface area contributed by atoms with Gasteiger partial charge in [0.15, 0.2) is 23.9 Å². The lowest BCUT2D eigenvalue weighted by Gasteiger charge is -2.08. The molecule has 0 saturated carbocycles. The highest BCUT2D eigenvalue weighted by Gasteiger charge is 2.14. The van der Waals surface area contributed by atoms with Crippen molar-refractivity contribution in [3.63, 3.8) is 0 Å². The molecule has 2 N–H and O–H groups in total. The number of ether oxygens (including phenoxy) is 2. The van der Waals surface area contributed by atoms with Crippen molar-refractivity contribution in [3.8, 4) is 17.6 Å². The number of ketones is 1. The molecule has 0 aliphatic heterocycles. The largest absolute Gasteiger partial charge is 0.504 e. The van der Waals surface area contributed by atoms with Crippen LogP contribution in [-0.4, -0.2) is 36.0 Å². The predicted octanol–water partition coefficient (Wildman–Crippen LogP) is 2.81. The van der Waals surface area contributed by atoms with Crippen molar-refractivity contribution in [2.45, 2.75) is 19.8 Å². The number of aromatic hydroxyl groups is 1. The third kappa shape index (κ3) is 6.66. The van der Waals surface area contributed by atoms with E-state index in [9.17, 15) is 19.5 Å². The van der Waals surface area contributed by atoms with E-state index in [0.717, 1.165) is 0 Å². The zero-order valence-electron chi connectivity index (χ0n) is 15.8. The number of nitriles is 1. The van der Waals surface area contributed by atoms with Crippen molar-refractivity contribution in [1.29, 1.82) is 5.26 Å². The second kappa shape index (κ2) is 10.5. The molecular weight excluding hydrogens is 376 g/mol. The highest BCUT2D eigenvalue weighted by Crippen LogP contribution is 2.27. The quantitative estimate of drug-likeness (QED) is 0.493. The number of benzene rings is 2. The van der Waals surface area contributed by atoms with Crippen molar-refractivity contribution < 1.29 is 29.0 Å². The first kappa shape index (κ1) is 21.4. The molecule has 8 nitrogen and oxygen atoms in total. The topological polar surface area (TPSA) is 126 Å². The lowest BCUT2D eigenvalue weighted by atomic mass is 10.1. The number of hydrogen-bond donors (Lipinski definition) is 2. The zero-order chi connectivity index (χ0) is 21.2. The number of nitrogens with one attached hydrogen (secondary N) is 1. The molecule has 0 atom stereocenters. The van der Waals surface area contributed by atoms with Gasteiger partial charge in [0, 0.05) is 17.7 Å². The van der Waals surface area contributed by atoms with Gasteiger partial charge in [-0.15, -0.1) is 0 Å². The van der Waals surface area contributed by atoms with Gasteiger partial charge in [0.05, 0.1) is 24.7 Å². The van der Waals surface area contributed by atoms with Crippen LogP contribution in [0.1, 0.15) is 35.7 Å². The van der Waals surface area contributed by atoms with Gasteiger partial charge in [-0.05, 0) is 43.3 Å². The van der Waals surface area contributed by atoms with E-state index in [2.05, 4.69) is 5.32 Å². The summed E-state index contributed by atoms with van der Waals surface area (Å²) in [6, 6.07) is 12.5. The summed E-state index contributed by atoms with van der Waals surface area (Å²) in [5, 5.41) is 21.0. The number of hydrogen-bond acceptors (Lipinski definition) is 7. The van der Waals surface area contributed by atoms with Crippen LogP contribution in [0.15, 0.2) is 42.5 Å². The zero-order valence-corrected chi connectivity index (χ0v) is 15.8. The Morgan fingerprint density at radius 3 is 2.66 bits per heavy atom. The molecule has 2 aromatic rings. The number of carbonyl (C=O) groups excluding carboxylic acids is 3. The summed E-state index contributed by atoms with van der Waals surface area (Å²) in [5.41, 5.74) is 1.10. The van der Waals surface area contributed by atoms with Crippen molar-refractivity contribution in [2.75, 3.05) is 18.5 Å². The molecule has 2 rings (SSSR count). The Morgan fingerprint density at radius 1 is 1.14 bits per heavy atom. The fourth-order valence-corrected chi connectivity index (χ4v) is 2.40. The van der Waals surface area contributed by atoms with Gasteiger partial charge >= 0.3 is 5.97 Å². The molecule has 0 fully saturated rings. The van der Waals surface area contributed by atoms with Gasteiger partial charge in [0.2, 0.25) is 0 Å². The van der Waals surface area contributed by atoms with Crippen LogP contribution in [0, 0.1) is 11.3 Å². The van der Waals surface area contributed by atoms with Gasteiger partial charge in [-0.2, -0.15) is 5.26 Å². The van der Waals surface area contributed by atoms with Crippen molar-refractivity contribution >= 4 is 23.3 Å². The van der Waals surface area contributed by atoms with Crippen molar-refractivity contribution in [2.24, 2.45) is 0 Å². The fourth-order valence-electron chi connectivity index (χ4n) is 2.40. The van der Waals surface area contributed by atoms with Crippen LogP contribution < -0.4 is 10.1 Å². The summed E-state index contributed by atoms with van der Waals surface area (Å²) in [7, 11) is 0. The van der Waals surface area contributed by atoms with E-state index in [1.807, 2.05) is 6.07 Å². The van der Waals surface area contributed by atoms with Crippen LogP contribution in [0.5, 0.6) is 11.5 Å². The fraction of sp³-hybridized carbons (Fsp3) is 0.238. The van der Waals surface area contributed by atoms with Gasteiger partial charge in [-0.25, -0.2) is 0 Å². The standard InChI is InChI=1S/C21H20N2O6/c1-2-28-19-11-15(6-7-18(19)25)17(24)8-9-21(27)29-13-20(26)23-16-5-3-4-14(10-16)12-22/h3-7,10-11,25H,2,8-9,13H2,1H3,(H,23,26). The minimum atomic E-state index is -0.692. The first-order valence-corrected chi connectivity index (χ1v) is 8.87. The molecular formula is C21H20N2O6. The van der Waals surface area contributed by atoms with E-state index in [1.54, 1.807) is 25.1 Å². The van der Waals surface area contributed by atoms with Crippen molar-refractivity contribution in [1.82, 2.24) is 0 Å². The van der Waals surface area contributed by atoms with Gasteiger partial charge < -0.3 is 19.9 Å². The Kier molecular flexibility index (Phi) is 7.74. The van der Waals surface area contributed by atoms with Gasteiger partial charge in [-0.3, -0.25) is 14.4 Å². The predicted molar refractivity (Wildman–Crippen MR) is 104 cm³/mol. The highest BCUT2D eigenvalue weighted by molar-refractivity contribution is 5.98. The smallest absolute Gasteiger partial charge is 0.306 e. The number of amides is 1. The Morgan fingerprint density at radius 2 is 1.93 bits per heavy atom. The Balaban J connectivity index is 1.79. The number of rotatable bonds is 9. The third-order valence-electron chi connectivity index (χ3n) is 3.78. The molecule has 0 saturated heterocycles. The second-order valence-corrected chi connectivity index (χ2v) is 5.94. The number of esters is 1. The maximum atomic E-state index is 12.2. The number of phenolic OH excluding ortho intramolecular Hbond substituents is 1. The minimum absolute atomic E-state index is 0.0749. The lowest BCUT2D eigenvalue weighted by Crippen LogP contribution is -2.21. The molecule has 2 aromatic carbocycles. The second-order valence-electron chi connectivity index (χ2n) is 5.94. The summed E-state index contributed by atoms with van der Waals surface area (Å²) >= 11 is 0. The summed E-state index contributed by atoms with van der Waals surface area (Å²) in [6.07, 6.45) is -0.304. The molecule has 0 spiro atoms. The molecule has 0 unspecified atom stereocenters. The van der Waals surface area contributed by atoms with Crippen LogP contribution in [-0.2, 0) is 14.3 Å². The molecule has 0 heterocycles. The van der Waals surface area contributed by atoms with Gasteiger partial charge in [0.1, 0.15) is 0 Å². The third-order valence-corrected chi connectivity index (χ3v) is 3.78. The minimum Gasteiger partial charge on any atom is -0.504 e. The first-order valence-electron chi connectivity index (χ1n) is 8.87. The lowest BCUT2D eigenvalue weighted by molar-refractivity contribution is -0.147. The SMILES string of the molecule is CCOc1cc(C(=O)CCC(=O)OCC(=O)Nc2cccc(C#N)c2)ccc1O. The first-order chi connectivity index (χ1) is 13.9. The summed E-state index contributed by atoms with van der Waals surface area (Å²) in [4.78, 5) is 35.8. The van der Waals surface area contributed by atoms with E-state index >= 15 is 0 Å². The van der Waals surface area contributed by atoms with Crippen LogP contribution in [0.2, 0.25) is 0 Å². The molecule has 8 heteroatoms. The monoisotopic (exact) mass is 396 g/mol. The molecule has 29 heavy (non-hydrogen) atoms. The Hall–Kier alpha value is -3.86. The number of nitrogens with zero attached hydrogens (tertiary/aromatic N) is 1. The maximum Gasteiger partial charge on any atom is 0.306 e. The molecule has 150 valence electrons. The van der Waals surface area contributed by atoms with Crippen LogP contribution in [0.3, 0.4) is 0 Å². The average molecular weight is 396 g/mol. The summed E-state index contributed by atoms with van der Waals surface area (Å²) in [6.45, 7) is 1.58. The van der Waals surface area contributed by atoms with Gasteiger partial charge in [-0.1, -0.05) is 6.07 Å². The van der Waals surface area contributed by atoms with Crippen LogP contribution >= 0.6 is 0 Å². The maximum absolute atomic E-state index is 12.2. The average Bonchev–Trinajstić information content (AvgIpc) is 2.72. The number of anilines is 1. The van der Waals surface area contributed by atoms with Gasteiger partial charge in [0.25, 0.3) is 5.91 Å². The van der Waals surface area contributed by atoms with E-state index in [-0.39, 0.29) is 30.1 Å². The summed E-state index contributed by atoms with van der Waals surface area (Å²) in [5.74, 6) is -1.45. The van der Waals surface area contributed by atoms with E-state index in [1.165, 1.54) is 24.3 Å². The van der Waals surface area contributed by atoms with Crippen molar-refractivity contribution in [3.05, 3.63) is 53.6 Å². The van der Waals surface area contributed by atoms with Crippen LogP contribution in [0.25, 0.3) is 0 Å². The molecule has 0 bridgehead atoms. The normalized spacial score (nSPS) is 9.93. The Bertz CT molecular complexity index is 948. The molecule has 0 aliphatic carbocycles. The van der Waals surface area contributed by atoms with Crippen LogP contribution in [0.4, 0.5) is 5.69 Å².